The molecule has 0 spiro atoms. The second-order valence-corrected chi connectivity index (χ2v) is 4.85. The Balaban J connectivity index is 1.87. The van der Waals surface area contributed by atoms with Gasteiger partial charge in [0.25, 0.3) is 0 Å². The number of carbonyl (C=O) groups excluding carboxylic acids is 1. The molecule has 0 aromatic carbocycles. The van der Waals surface area contributed by atoms with E-state index in [-0.39, 0.29) is 0 Å². The van der Waals surface area contributed by atoms with E-state index in [9.17, 15) is 4.79 Å². The first-order valence-electron chi connectivity index (χ1n) is 5.38. The second-order valence-electron chi connectivity index (χ2n) is 4.85. The summed E-state index contributed by atoms with van der Waals surface area (Å²) in [6, 6.07) is 0.472. The van der Waals surface area contributed by atoms with Crippen molar-refractivity contribution in [2.75, 3.05) is 7.05 Å². The molecular formula is C11H19NO. The first-order valence-corrected chi connectivity index (χ1v) is 5.38. The predicted molar refractivity (Wildman–Crippen MR) is 52.2 cm³/mol. The summed E-state index contributed by atoms with van der Waals surface area (Å²) in [6.07, 6.45) is 3.75. The lowest BCUT2D eigenvalue weighted by Gasteiger charge is -2.25. The van der Waals surface area contributed by atoms with Crippen LogP contribution in [-0.4, -0.2) is 23.9 Å². The zero-order valence-electron chi connectivity index (χ0n) is 8.79. The van der Waals surface area contributed by atoms with E-state index in [1.165, 1.54) is 12.8 Å². The molecule has 0 radical (unpaired) electrons. The third-order valence-electron chi connectivity index (χ3n) is 3.69. The predicted octanol–water partition coefficient (Wildman–Crippen LogP) is 1.90. The Morgan fingerprint density at radius 1 is 1.46 bits per heavy atom. The number of amides is 1. The molecule has 0 aromatic rings. The van der Waals surface area contributed by atoms with Crippen LogP contribution in [0.1, 0.15) is 33.1 Å². The molecule has 3 unspecified atom stereocenters. The molecule has 0 aromatic heterocycles. The highest BCUT2D eigenvalue weighted by atomic mass is 16.2. The first-order chi connectivity index (χ1) is 6.11. The zero-order chi connectivity index (χ0) is 9.59. The molecule has 2 rings (SSSR count). The third-order valence-corrected chi connectivity index (χ3v) is 3.69. The van der Waals surface area contributed by atoms with Gasteiger partial charge >= 0.3 is 0 Å². The highest BCUT2D eigenvalue weighted by Crippen LogP contribution is 2.41. The minimum absolute atomic E-state index is 0.353. The Morgan fingerprint density at radius 2 is 2.00 bits per heavy atom. The zero-order valence-corrected chi connectivity index (χ0v) is 8.79. The van der Waals surface area contributed by atoms with Crippen LogP contribution in [-0.2, 0) is 4.79 Å². The van der Waals surface area contributed by atoms with E-state index in [0.29, 0.717) is 23.8 Å². The topological polar surface area (TPSA) is 20.3 Å². The molecule has 2 aliphatic carbocycles. The smallest absolute Gasteiger partial charge is 0.225 e. The number of hydrogen-bond donors (Lipinski definition) is 0. The first kappa shape index (κ1) is 9.04. The lowest BCUT2D eigenvalue weighted by molar-refractivity contribution is -0.133. The second kappa shape index (κ2) is 3.00. The number of carbonyl (C=O) groups is 1. The molecule has 0 heterocycles. The van der Waals surface area contributed by atoms with Gasteiger partial charge in [0, 0.05) is 19.0 Å². The minimum atomic E-state index is 0.353. The van der Waals surface area contributed by atoms with Crippen LogP contribution >= 0.6 is 0 Å². The highest BCUT2D eigenvalue weighted by molar-refractivity contribution is 5.81. The summed E-state index contributed by atoms with van der Waals surface area (Å²) < 4.78 is 0. The molecule has 2 nitrogen and oxygen atoms in total. The lowest BCUT2D eigenvalue weighted by atomic mass is 10.1. The Bertz CT molecular complexity index is 222. The summed E-state index contributed by atoms with van der Waals surface area (Å²) in [7, 11) is 1.97. The van der Waals surface area contributed by atoms with E-state index in [1.54, 1.807) is 0 Å². The van der Waals surface area contributed by atoms with Gasteiger partial charge in [0.2, 0.25) is 5.91 Å². The molecule has 0 bridgehead atoms. The quantitative estimate of drug-likeness (QED) is 0.651. The summed E-state index contributed by atoms with van der Waals surface area (Å²) >= 11 is 0. The maximum absolute atomic E-state index is 11.8. The van der Waals surface area contributed by atoms with Crippen molar-refractivity contribution in [1.29, 1.82) is 0 Å². The minimum Gasteiger partial charge on any atom is -0.343 e. The molecule has 2 heteroatoms. The highest BCUT2D eigenvalue weighted by Gasteiger charge is 2.43. The standard InChI is InChI=1S/C11H19NO/c1-7-6-10(7)11(13)12(3)8(2)9-4-5-9/h7-10H,4-6H2,1-3H3. The number of nitrogens with zero attached hydrogens (tertiary/aromatic N) is 1. The fourth-order valence-corrected chi connectivity index (χ4v) is 2.02. The van der Waals surface area contributed by atoms with E-state index >= 15 is 0 Å². The average Bonchev–Trinajstić information content (AvgIpc) is 2.93. The molecule has 1 amide bonds. The van der Waals surface area contributed by atoms with Crippen molar-refractivity contribution in [3.05, 3.63) is 0 Å². The summed E-state index contributed by atoms with van der Waals surface area (Å²) in [5.74, 6) is 2.17. The van der Waals surface area contributed by atoms with Crippen LogP contribution in [0.4, 0.5) is 0 Å². The van der Waals surface area contributed by atoms with Gasteiger partial charge < -0.3 is 4.90 Å². The van der Waals surface area contributed by atoms with Crippen LogP contribution < -0.4 is 0 Å². The van der Waals surface area contributed by atoms with Gasteiger partial charge in [-0.1, -0.05) is 6.92 Å². The van der Waals surface area contributed by atoms with Crippen molar-refractivity contribution < 1.29 is 4.79 Å². The Kier molecular flexibility index (Phi) is 2.09. The van der Waals surface area contributed by atoms with Crippen LogP contribution in [0.15, 0.2) is 0 Å². The average molecular weight is 181 g/mol. The molecular weight excluding hydrogens is 162 g/mol. The van der Waals surface area contributed by atoms with Crippen LogP contribution in [0, 0.1) is 17.8 Å². The van der Waals surface area contributed by atoms with Gasteiger partial charge in [-0.3, -0.25) is 4.79 Å². The fraction of sp³-hybridized carbons (Fsp3) is 0.909. The van der Waals surface area contributed by atoms with E-state index < -0.39 is 0 Å². The van der Waals surface area contributed by atoms with Crippen molar-refractivity contribution in [3.63, 3.8) is 0 Å². The maximum atomic E-state index is 11.8. The third kappa shape index (κ3) is 1.72. The SMILES string of the molecule is CC1CC1C(=O)N(C)C(C)C1CC1. The van der Waals surface area contributed by atoms with Crippen LogP contribution in [0.2, 0.25) is 0 Å². The molecule has 74 valence electrons. The van der Waals surface area contributed by atoms with Gasteiger partial charge in [-0.05, 0) is 38.0 Å². The lowest BCUT2D eigenvalue weighted by Crippen LogP contribution is -2.37. The summed E-state index contributed by atoms with van der Waals surface area (Å²) in [5.41, 5.74) is 0. The Hall–Kier alpha value is -0.530. The van der Waals surface area contributed by atoms with Crippen molar-refractivity contribution >= 4 is 5.91 Å². The van der Waals surface area contributed by atoms with Crippen molar-refractivity contribution in [2.45, 2.75) is 39.2 Å². The van der Waals surface area contributed by atoms with Gasteiger partial charge in [0.1, 0.15) is 0 Å². The Morgan fingerprint density at radius 3 is 2.38 bits per heavy atom. The van der Waals surface area contributed by atoms with Gasteiger partial charge in [-0.15, -0.1) is 0 Å². The summed E-state index contributed by atoms with van der Waals surface area (Å²) in [5, 5.41) is 0. The normalized spacial score (nSPS) is 34.1. The largest absolute Gasteiger partial charge is 0.343 e. The van der Waals surface area contributed by atoms with Crippen molar-refractivity contribution in [2.24, 2.45) is 17.8 Å². The summed E-state index contributed by atoms with van der Waals surface area (Å²) in [4.78, 5) is 13.8. The number of rotatable bonds is 3. The summed E-state index contributed by atoms with van der Waals surface area (Å²) in [6.45, 7) is 4.35. The van der Waals surface area contributed by atoms with Gasteiger partial charge in [-0.2, -0.15) is 0 Å². The molecule has 0 saturated heterocycles. The van der Waals surface area contributed by atoms with Gasteiger partial charge in [0.15, 0.2) is 0 Å². The molecule has 0 N–H and O–H groups in total. The molecule has 0 aliphatic heterocycles. The van der Waals surface area contributed by atoms with E-state index in [0.717, 1.165) is 12.3 Å². The fourth-order valence-electron chi connectivity index (χ4n) is 2.02. The van der Waals surface area contributed by atoms with Crippen LogP contribution in [0.25, 0.3) is 0 Å². The molecule has 2 fully saturated rings. The Labute approximate surface area is 80.3 Å². The van der Waals surface area contributed by atoms with Crippen LogP contribution in [0.3, 0.4) is 0 Å². The molecule has 13 heavy (non-hydrogen) atoms. The van der Waals surface area contributed by atoms with Gasteiger partial charge in [-0.25, -0.2) is 0 Å². The van der Waals surface area contributed by atoms with E-state index in [1.807, 2.05) is 11.9 Å². The molecule has 2 saturated carbocycles. The van der Waals surface area contributed by atoms with Crippen molar-refractivity contribution in [1.82, 2.24) is 4.90 Å². The van der Waals surface area contributed by atoms with Gasteiger partial charge in [0.05, 0.1) is 0 Å². The monoisotopic (exact) mass is 181 g/mol. The van der Waals surface area contributed by atoms with E-state index in [4.69, 9.17) is 0 Å². The molecule has 3 atom stereocenters. The molecule has 2 aliphatic rings. The van der Waals surface area contributed by atoms with E-state index in [2.05, 4.69) is 13.8 Å². The van der Waals surface area contributed by atoms with Crippen molar-refractivity contribution in [3.8, 4) is 0 Å². The van der Waals surface area contributed by atoms with Crippen LogP contribution in [0.5, 0.6) is 0 Å². The maximum Gasteiger partial charge on any atom is 0.225 e. The number of hydrogen-bond acceptors (Lipinski definition) is 1.